The summed E-state index contributed by atoms with van der Waals surface area (Å²) < 4.78 is 39.0. The number of anilines is 1. The summed E-state index contributed by atoms with van der Waals surface area (Å²) in [5, 5.41) is 5.95. The van der Waals surface area contributed by atoms with Gasteiger partial charge in [0, 0.05) is 6.20 Å². The van der Waals surface area contributed by atoms with Crippen LogP contribution in [0.1, 0.15) is 5.56 Å². The van der Waals surface area contributed by atoms with Gasteiger partial charge in [0.25, 0.3) is 10.0 Å². The van der Waals surface area contributed by atoms with E-state index in [1.54, 1.807) is 13.0 Å². The molecule has 1 aromatic heterocycles. The van der Waals surface area contributed by atoms with E-state index in [1.165, 1.54) is 18.5 Å². The van der Waals surface area contributed by atoms with E-state index in [1.807, 2.05) is 0 Å². The van der Waals surface area contributed by atoms with Crippen molar-refractivity contribution in [3.05, 3.63) is 42.0 Å². The number of aryl methyl sites for hydroxylation is 1. The molecule has 0 atom stereocenters. The predicted octanol–water partition coefficient (Wildman–Crippen LogP) is 1.66. The van der Waals surface area contributed by atoms with Gasteiger partial charge in [0.15, 0.2) is 0 Å². The zero-order valence-corrected chi connectivity index (χ0v) is 9.75. The number of aromatic nitrogens is 2. The van der Waals surface area contributed by atoms with Crippen molar-refractivity contribution in [1.29, 1.82) is 0 Å². The van der Waals surface area contributed by atoms with Crippen LogP contribution in [0.2, 0.25) is 0 Å². The average Bonchev–Trinajstić information content (AvgIpc) is 2.67. The van der Waals surface area contributed by atoms with Gasteiger partial charge >= 0.3 is 0 Å². The van der Waals surface area contributed by atoms with Crippen molar-refractivity contribution >= 4 is 15.7 Å². The maximum absolute atomic E-state index is 13.1. The molecule has 0 aliphatic heterocycles. The normalized spacial score (nSPS) is 11.4. The fourth-order valence-electron chi connectivity index (χ4n) is 1.40. The maximum Gasteiger partial charge on any atom is 0.265 e. The van der Waals surface area contributed by atoms with Gasteiger partial charge in [-0.1, -0.05) is 0 Å². The highest BCUT2D eigenvalue weighted by atomic mass is 32.2. The van der Waals surface area contributed by atoms with E-state index in [-0.39, 0.29) is 10.6 Å². The highest BCUT2D eigenvalue weighted by molar-refractivity contribution is 7.92. The largest absolute Gasteiger partial charge is 0.284 e. The van der Waals surface area contributed by atoms with E-state index in [2.05, 4.69) is 14.9 Å². The van der Waals surface area contributed by atoms with Gasteiger partial charge in [-0.3, -0.25) is 9.82 Å². The summed E-state index contributed by atoms with van der Waals surface area (Å²) in [5.41, 5.74) is 0.818. The van der Waals surface area contributed by atoms with Crippen LogP contribution in [0.25, 0.3) is 0 Å². The zero-order valence-electron chi connectivity index (χ0n) is 8.94. The molecular weight excluding hydrogens is 245 g/mol. The number of hydrogen-bond donors (Lipinski definition) is 2. The number of aromatic amines is 1. The summed E-state index contributed by atoms with van der Waals surface area (Å²) in [6.45, 7) is 1.68. The molecule has 0 fully saturated rings. The Morgan fingerprint density at radius 2 is 2.12 bits per heavy atom. The predicted molar refractivity (Wildman–Crippen MR) is 60.5 cm³/mol. The molecule has 0 aliphatic carbocycles. The van der Waals surface area contributed by atoms with Crippen LogP contribution in [0.3, 0.4) is 0 Å². The Labute approximate surface area is 97.7 Å². The summed E-state index contributed by atoms with van der Waals surface area (Å²) in [7, 11) is -3.71. The molecule has 7 heteroatoms. The molecule has 0 aliphatic rings. The minimum absolute atomic E-state index is 0.000542. The highest BCUT2D eigenvalue weighted by Crippen LogP contribution is 2.17. The molecule has 1 aromatic carbocycles. The van der Waals surface area contributed by atoms with E-state index in [9.17, 15) is 12.8 Å². The first kappa shape index (κ1) is 11.6. The Morgan fingerprint density at radius 1 is 1.35 bits per heavy atom. The summed E-state index contributed by atoms with van der Waals surface area (Å²) in [6.07, 6.45) is 2.42. The number of halogens is 1. The van der Waals surface area contributed by atoms with Gasteiger partial charge < -0.3 is 0 Å². The third kappa shape index (κ3) is 2.62. The number of nitrogens with zero attached hydrogens (tertiary/aromatic N) is 1. The second kappa shape index (κ2) is 4.17. The third-order valence-electron chi connectivity index (χ3n) is 2.08. The van der Waals surface area contributed by atoms with E-state index in [0.717, 1.165) is 6.07 Å². The lowest BCUT2D eigenvalue weighted by Gasteiger charge is -2.07. The topological polar surface area (TPSA) is 74.8 Å². The number of hydrogen-bond acceptors (Lipinski definition) is 3. The lowest BCUT2D eigenvalue weighted by atomic mass is 10.2. The second-order valence-electron chi connectivity index (χ2n) is 3.56. The van der Waals surface area contributed by atoms with Crippen molar-refractivity contribution in [2.75, 3.05) is 4.72 Å². The van der Waals surface area contributed by atoms with Gasteiger partial charge in [-0.2, -0.15) is 5.10 Å². The molecule has 17 heavy (non-hydrogen) atoms. The van der Waals surface area contributed by atoms with Crippen LogP contribution in [0.4, 0.5) is 10.1 Å². The monoisotopic (exact) mass is 255 g/mol. The number of benzene rings is 1. The van der Waals surface area contributed by atoms with Gasteiger partial charge in [0.1, 0.15) is 10.7 Å². The molecule has 2 rings (SSSR count). The first-order chi connectivity index (χ1) is 7.97. The molecule has 0 radical (unpaired) electrons. The van der Waals surface area contributed by atoms with Crippen molar-refractivity contribution < 1.29 is 12.8 Å². The van der Waals surface area contributed by atoms with Crippen molar-refractivity contribution in [3.8, 4) is 0 Å². The summed E-state index contributed by atoms with van der Waals surface area (Å²) in [5.74, 6) is -0.491. The first-order valence-electron chi connectivity index (χ1n) is 4.76. The lowest BCUT2D eigenvalue weighted by Crippen LogP contribution is -2.12. The second-order valence-corrected chi connectivity index (χ2v) is 5.24. The Bertz CT molecular complexity index is 603. The van der Waals surface area contributed by atoms with Gasteiger partial charge in [-0.05, 0) is 30.7 Å². The lowest BCUT2D eigenvalue weighted by molar-refractivity contribution is 0.601. The SMILES string of the molecule is Cc1cc(F)cc(NS(=O)(=O)c2cn[nH]c2)c1. The standard InChI is InChI=1S/C10H10FN3O2S/c1-7-2-8(11)4-9(3-7)14-17(15,16)10-5-12-13-6-10/h2-6,14H,1H3,(H,12,13). The Morgan fingerprint density at radius 3 is 2.71 bits per heavy atom. The number of nitrogens with one attached hydrogen (secondary N) is 2. The Hall–Kier alpha value is -1.89. The summed E-state index contributed by atoms with van der Waals surface area (Å²) in [4.78, 5) is -0.000542. The van der Waals surface area contributed by atoms with Gasteiger partial charge in [-0.25, -0.2) is 12.8 Å². The van der Waals surface area contributed by atoms with Crippen molar-refractivity contribution in [2.45, 2.75) is 11.8 Å². The van der Waals surface area contributed by atoms with Gasteiger partial charge in [0.2, 0.25) is 0 Å². The molecule has 90 valence electrons. The fourth-order valence-corrected chi connectivity index (χ4v) is 2.34. The third-order valence-corrected chi connectivity index (χ3v) is 3.43. The quantitative estimate of drug-likeness (QED) is 0.875. The molecular formula is C10H10FN3O2S. The van der Waals surface area contributed by atoms with Crippen molar-refractivity contribution in [2.24, 2.45) is 0 Å². The molecule has 5 nitrogen and oxygen atoms in total. The van der Waals surface area contributed by atoms with Crippen LogP contribution in [-0.2, 0) is 10.0 Å². The van der Waals surface area contributed by atoms with E-state index < -0.39 is 15.8 Å². The minimum atomic E-state index is -3.71. The van der Waals surface area contributed by atoms with Crippen LogP contribution >= 0.6 is 0 Å². The average molecular weight is 255 g/mol. The Kier molecular flexibility index (Phi) is 2.84. The van der Waals surface area contributed by atoms with Crippen molar-refractivity contribution in [1.82, 2.24) is 10.2 Å². The van der Waals surface area contributed by atoms with Crippen LogP contribution in [-0.4, -0.2) is 18.6 Å². The van der Waals surface area contributed by atoms with Crippen molar-refractivity contribution in [3.63, 3.8) is 0 Å². The smallest absolute Gasteiger partial charge is 0.265 e. The van der Waals surface area contributed by atoms with Crippen LogP contribution in [0, 0.1) is 12.7 Å². The number of rotatable bonds is 3. The van der Waals surface area contributed by atoms with Gasteiger partial charge in [0.05, 0.1) is 11.9 Å². The Balaban J connectivity index is 2.33. The van der Waals surface area contributed by atoms with Crippen LogP contribution in [0.5, 0.6) is 0 Å². The minimum Gasteiger partial charge on any atom is -0.284 e. The highest BCUT2D eigenvalue weighted by Gasteiger charge is 2.15. The van der Waals surface area contributed by atoms with E-state index in [0.29, 0.717) is 5.56 Å². The van der Waals surface area contributed by atoms with Crippen LogP contribution in [0.15, 0.2) is 35.5 Å². The molecule has 2 N–H and O–H groups in total. The zero-order chi connectivity index (χ0) is 12.5. The molecule has 0 amide bonds. The first-order valence-corrected chi connectivity index (χ1v) is 6.24. The number of sulfonamides is 1. The number of H-pyrrole nitrogens is 1. The van der Waals surface area contributed by atoms with E-state index in [4.69, 9.17) is 0 Å². The molecule has 0 unspecified atom stereocenters. The fraction of sp³-hybridized carbons (Fsp3) is 0.100. The van der Waals surface area contributed by atoms with Gasteiger partial charge in [-0.15, -0.1) is 0 Å². The molecule has 0 saturated carbocycles. The summed E-state index contributed by atoms with van der Waals surface area (Å²) in [6, 6.07) is 3.97. The molecule has 2 aromatic rings. The molecule has 0 spiro atoms. The maximum atomic E-state index is 13.1. The molecule has 0 saturated heterocycles. The van der Waals surface area contributed by atoms with Crippen LogP contribution < -0.4 is 4.72 Å². The molecule has 1 heterocycles. The summed E-state index contributed by atoms with van der Waals surface area (Å²) >= 11 is 0. The molecule has 0 bridgehead atoms. The van der Waals surface area contributed by atoms with E-state index >= 15 is 0 Å².